The molecule has 1 saturated heterocycles. The van der Waals surface area contributed by atoms with Crippen molar-refractivity contribution in [3.63, 3.8) is 0 Å². The summed E-state index contributed by atoms with van der Waals surface area (Å²) in [5, 5.41) is 8.10. The molecule has 4 rings (SSSR count). The molecular weight excluding hydrogens is 374 g/mol. The second-order valence-electron chi connectivity index (χ2n) is 8.13. The molecule has 2 aliphatic rings. The maximum atomic E-state index is 12.5. The van der Waals surface area contributed by atoms with Crippen LogP contribution in [-0.2, 0) is 6.54 Å². The van der Waals surface area contributed by atoms with Crippen LogP contribution in [0.5, 0.6) is 0 Å². The van der Waals surface area contributed by atoms with E-state index in [0.717, 1.165) is 56.0 Å². The molecule has 1 aliphatic carbocycles. The number of likely N-dealkylation sites (tertiary alicyclic amines) is 1. The topological polar surface area (TPSA) is 58.4 Å². The van der Waals surface area contributed by atoms with Crippen LogP contribution in [0.15, 0.2) is 34.9 Å². The fourth-order valence-electron chi connectivity index (χ4n) is 4.43. The number of halogens is 1. The first-order chi connectivity index (χ1) is 13.7. The van der Waals surface area contributed by atoms with Crippen LogP contribution < -0.4 is 5.32 Å². The molecular formula is C22H28ClN3O2. The Hall–Kier alpha value is -1.85. The highest BCUT2D eigenvalue weighted by Gasteiger charge is 2.26. The summed E-state index contributed by atoms with van der Waals surface area (Å²) in [5.74, 6) is 0.512. The number of hydrogen-bond donors (Lipinski definition) is 1. The normalized spacial score (nSPS) is 21.5. The number of benzene rings is 1. The number of carbonyl (C=O) groups is 1. The van der Waals surface area contributed by atoms with Gasteiger partial charge < -0.3 is 9.84 Å². The smallest absolute Gasteiger partial charge is 0.290 e. The van der Waals surface area contributed by atoms with Gasteiger partial charge in [-0.1, -0.05) is 48.2 Å². The van der Waals surface area contributed by atoms with Crippen LogP contribution in [0.4, 0.5) is 0 Å². The minimum Gasteiger partial charge on any atom is -0.351 e. The van der Waals surface area contributed by atoms with Crippen molar-refractivity contribution >= 4 is 17.5 Å². The van der Waals surface area contributed by atoms with Gasteiger partial charge >= 0.3 is 0 Å². The van der Waals surface area contributed by atoms with E-state index in [0.29, 0.717) is 11.7 Å². The van der Waals surface area contributed by atoms with Gasteiger partial charge in [0, 0.05) is 36.1 Å². The second kappa shape index (κ2) is 9.10. The predicted molar refractivity (Wildman–Crippen MR) is 110 cm³/mol. The number of nitrogens with zero attached hydrogens (tertiary/aromatic N) is 2. The van der Waals surface area contributed by atoms with Crippen LogP contribution in [0.25, 0.3) is 0 Å². The van der Waals surface area contributed by atoms with E-state index in [4.69, 9.17) is 16.1 Å². The van der Waals surface area contributed by atoms with Gasteiger partial charge in [-0.05, 0) is 49.9 Å². The molecule has 1 atom stereocenters. The number of rotatable bonds is 5. The van der Waals surface area contributed by atoms with Crippen LogP contribution in [0, 0.1) is 0 Å². The molecule has 1 saturated carbocycles. The number of piperidine rings is 1. The highest BCUT2D eigenvalue weighted by atomic mass is 35.5. The zero-order chi connectivity index (χ0) is 19.3. The molecule has 2 heterocycles. The van der Waals surface area contributed by atoms with Crippen molar-refractivity contribution < 1.29 is 9.32 Å². The lowest BCUT2D eigenvalue weighted by Gasteiger charge is -2.31. The lowest BCUT2D eigenvalue weighted by atomic mass is 9.94. The first-order valence-electron chi connectivity index (χ1n) is 10.4. The molecule has 1 aliphatic heterocycles. The molecule has 1 aromatic carbocycles. The van der Waals surface area contributed by atoms with Crippen molar-refractivity contribution in [1.82, 2.24) is 15.4 Å². The second-order valence-corrected chi connectivity index (χ2v) is 8.57. The van der Waals surface area contributed by atoms with Gasteiger partial charge in [-0.2, -0.15) is 0 Å². The lowest BCUT2D eigenvalue weighted by Crippen LogP contribution is -2.36. The van der Waals surface area contributed by atoms with Gasteiger partial charge in [0.05, 0.1) is 5.69 Å². The molecule has 6 heteroatoms. The fourth-order valence-corrected chi connectivity index (χ4v) is 4.64. The van der Waals surface area contributed by atoms with Crippen molar-refractivity contribution in [2.75, 3.05) is 13.1 Å². The van der Waals surface area contributed by atoms with Gasteiger partial charge in [0.25, 0.3) is 5.91 Å². The number of amides is 1. The molecule has 1 amide bonds. The molecule has 2 fully saturated rings. The minimum absolute atomic E-state index is 0.128. The Morgan fingerprint density at radius 1 is 1.18 bits per heavy atom. The summed E-state index contributed by atoms with van der Waals surface area (Å²) in [4.78, 5) is 14.9. The number of aromatic nitrogens is 1. The predicted octanol–water partition coefficient (Wildman–Crippen LogP) is 4.77. The summed E-state index contributed by atoms with van der Waals surface area (Å²) in [5.41, 5.74) is 2.12. The van der Waals surface area contributed by atoms with E-state index in [9.17, 15) is 4.79 Å². The van der Waals surface area contributed by atoms with Gasteiger partial charge in [-0.25, -0.2) is 0 Å². The Kier molecular flexibility index (Phi) is 6.33. The van der Waals surface area contributed by atoms with E-state index in [1.165, 1.54) is 24.8 Å². The Morgan fingerprint density at radius 3 is 2.86 bits per heavy atom. The molecule has 1 unspecified atom stereocenters. The first kappa shape index (κ1) is 19.5. The van der Waals surface area contributed by atoms with Gasteiger partial charge in [-0.15, -0.1) is 0 Å². The highest BCUT2D eigenvalue weighted by Crippen LogP contribution is 2.28. The Balaban J connectivity index is 1.35. The molecule has 0 bridgehead atoms. The summed E-state index contributed by atoms with van der Waals surface area (Å²) in [6, 6.07) is 10.1. The Bertz CT molecular complexity index is 801. The van der Waals surface area contributed by atoms with Crippen molar-refractivity contribution in [2.45, 2.75) is 63.5 Å². The summed E-state index contributed by atoms with van der Waals surface area (Å²) < 4.78 is 5.39. The van der Waals surface area contributed by atoms with Crippen LogP contribution in [-0.4, -0.2) is 35.1 Å². The third-order valence-corrected chi connectivity index (χ3v) is 6.15. The third-order valence-electron chi connectivity index (χ3n) is 5.91. The van der Waals surface area contributed by atoms with E-state index in [-0.39, 0.29) is 11.9 Å². The average molecular weight is 402 g/mol. The number of hydrogen-bond acceptors (Lipinski definition) is 4. The Labute approximate surface area is 171 Å². The van der Waals surface area contributed by atoms with Gasteiger partial charge in [0.15, 0.2) is 0 Å². The first-order valence-corrected chi connectivity index (χ1v) is 10.8. The maximum absolute atomic E-state index is 12.5. The molecule has 0 radical (unpaired) electrons. The van der Waals surface area contributed by atoms with Crippen LogP contribution >= 0.6 is 11.6 Å². The fraction of sp³-hybridized carbons (Fsp3) is 0.545. The average Bonchev–Trinajstić information content (AvgIpc) is 3.20. The number of carbonyl (C=O) groups excluding carboxylic acids is 1. The van der Waals surface area contributed by atoms with E-state index < -0.39 is 0 Å². The summed E-state index contributed by atoms with van der Waals surface area (Å²) in [6.45, 7) is 2.86. The molecule has 150 valence electrons. The summed E-state index contributed by atoms with van der Waals surface area (Å²) in [7, 11) is 0. The molecule has 1 N–H and O–H groups in total. The summed E-state index contributed by atoms with van der Waals surface area (Å²) in [6.07, 6.45) is 7.96. The zero-order valence-electron chi connectivity index (χ0n) is 16.2. The lowest BCUT2D eigenvalue weighted by molar-refractivity contribution is 0.0890. The molecule has 1 aromatic heterocycles. The van der Waals surface area contributed by atoms with Crippen molar-refractivity contribution in [1.29, 1.82) is 0 Å². The van der Waals surface area contributed by atoms with Crippen LogP contribution in [0.1, 0.15) is 72.7 Å². The van der Waals surface area contributed by atoms with E-state index in [2.05, 4.69) is 21.4 Å². The van der Waals surface area contributed by atoms with E-state index in [1.807, 2.05) is 24.3 Å². The molecule has 28 heavy (non-hydrogen) atoms. The van der Waals surface area contributed by atoms with Crippen LogP contribution in [0.2, 0.25) is 5.02 Å². The van der Waals surface area contributed by atoms with Gasteiger partial charge in [0.2, 0.25) is 5.76 Å². The SMILES string of the molecule is O=C(NC1CCCCC1)c1cc(C2CCCN(Cc3cccc(Cl)c3)C2)no1. The number of nitrogens with one attached hydrogen (secondary N) is 1. The van der Waals surface area contributed by atoms with Gasteiger partial charge in [-0.3, -0.25) is 9.69 Å². The van der Waals surface area contributed by atoms with E-state index >= 15 is 0 Å². The minimum atomic E-state index is -0.128. The van der Waals surface area contributed by atoms with Crippen molar-refractivity contribution in [3.8, 4) is 0 Å². The van der Waals surface area contributed by atoms with Crippen LogP contribution in [0.3, 0.4) is 0 Å². The largest absolute Gasteiger partial charge is 0.351 e. The van der Waals surface area contributed by atoms with Crippen molar-refractivity contribution in [2.24, 2.45) is 0 Å². The molecule has 0 spiro atoms. The standard InChI is InChI=1S/C22H28ClN3O2/c23-18-8-4-6-16(12-18)14-26-11-5-7-17(15-26)20-13-21(28-25-20)22(27)24-19-9-2-1-3-10-19/h4,6,8,12-13,17,19H,1-3,5,7,9-11,14-15H2,(H,24,27). The van der Waals surface area contributed by atoms with E-state index in [1.54, 1.807) is 0 Å². The monoisotopic (exact) mass is 401 g/mol. The van der Waals surface area contributed by atoms with Gasteiger partial charge in [0.1, 0.15) is 0 Å². The Morgan fingerprint density at radius 2 is 2.04 bits per heavy atom. The van der Waals surface area contributed by atoms with Crippen molar-refractivity contribution in [3.05, 3.63) is 52.4 Å². The molecule has 5 nitrogen and oxygen atoms in total. The molecule has 2 aromatic rings. The zero-order valence-corrected chi connectivity index (χ0v) is 17.0. The maximum Gasteiger partial charge on any atom is 0.290 e. The quantitative estimate of drug-likeness (QED) is 0.783. The third kappa shape index (κ3) is 4.95. The highest BCUT2D eigenvalue weighted by molar-refractivity contribution is 6.30. The summed E-state index contributed by atoms with van der Waals surface area (Å²) >= 11 is 6.11.